The van der Waals surface area contributed by atoms with E-state index in [2.05, 4.69) is 32.9 Å². The van der Waals surface area contributed by atoms with Crippen molar-refractivity contribution in [2.24, 2.45) is 0 Å². The number of hydrogen-bond donors (Lipinski definition) is 1. The number of carbonyl (C=O) groups is 1. The zero-order valence-corrected chi connectivity index (χ0v) is 15.5. The molecule has 0 saturated heterocycles. The summed E-state index contributed by atoms with van der Waals surface area (Å²) in [4.78, 5) is 16.4. The third-order valence-electron chi connectivity index (χ3n) is 2.84. The normalized spacial score (nSPS) is 11.9. The molecule has 7 heteroatoms. The van der Waals surface area contributed by atoms with Crippen LogP contribution in [0, 0.1) is 10.5 Å². The second-order valence-corrected chi connectivity index (χ2v) is 6.59. The van der Waals surface area contributed by atoms with Gasteiger partial charge in [0.25, 0.3) is 5.91 Å². The molecular formula is C15H13Cl2IN2O2. The maximum atomic E-state index is 12.1. The number of hydrogen-bond acceptors (Lipinski definition) is 3. The molecule has 2 rings (SSSR count). The Hall–Kier alpha value is -1.05. The van der Waals surface area contributed by atoms with Crippen molar-refractivity contribution >= 4 is 57.5 Å². The maximum Gasteiger partial charge on any atom is 0.266 e. The first-order valence-electron chi connectivity index (χ1n) is 6.42. The fourth-order valence-electron chi connectivity index (χ4n) is 1.66. The van der Waals surface area contributed by atoms with Crippen LogP contribution in [0.5, 0.6) is 5.75 Å². The zero-order valence-electron chi connectivity index (χ0n) is 11.9. The minimum Gasteiger partial charge on any atom is -0.479 e. The van der Waals surface area contributed by atoms with Gasteiger partial charge < -0.3 is 10.1 Å². The van der Waals surface area contributed by atoms with Gasteiger partial charge in [0.15, 0.2) is 6.10 Å². The van der Waals surface area contributed by atoms with E-state index in [4.69, 9.17) is 27.9 Å². The van der Waals surface area contributed by atoms with Crippen molar-refractivity contribution in [2.75, 3.05) is 5.32 Å². The Morgan fingerprint density at radius 2 is 2.05 bits per heavy atom. The zero-order chi connectivity index (χ0) is 16.3. The van der Waals surface area contributed by atoms with E-state index in [0.717, 1.165) is 9.26 Å². The van der Waals surface area contributed by atoms with E-state index < -0.39 is 6.10 Å². The molecule has 0 aliphatic heterocycles. The highest BCUT2D eigenvalue weighted by Crippen LogP contribution is 2.28. The second kappa shape index (κ2) is 7.48. The molecule has 1 atom stereocenters. The summed E-state index contributed by atoms with van der Waals surface area (Å²) in [5.74, 6) is 0.583. The van der Waals surface area contributed by atoms with Crippen molar-refractivity contribution in [3.8, 4) is 5.75 Å². The van der Waals surface area contributed by atoms with Gasteiger partial charge >= 0.3 is 0 Å². The lowest BCUT2D eigenvalue weighted by Crippen LogP contribution is -2.30. The molecule has 1 aromatic heterocycles. The highest BCUT2D eigenvalue weighted by atomic mass is 127. The van der Waals surface area contributed by atoms with Crippen LogP contribution in [0.2, 0.25) is 10.0 Å². The van der Waals surface area contributed by atoms with E-state index in [1.165, 1.54) is 0 Å². The van der Waals surface area contributed by atoms with Crippen molar-refractivity contribution in [3.05, 3.63) is 49.6 Å². The van der Waals surface area contributed by atoms with Crippen molar-refractivity contribution in [3.63, 3.8) is 0 Å². The number of aryl methyl sites for hydroxylation is 1. The van der Waals surface area contributed by atoms with Crippen LogP contribution in [-0.4, -0.2) is 17.0 Å². The molecule has 0 saturated carbocycles. The fourth-order valence-corrected chi connectivity index (χ4v) is 2.41. The van der Waals surface area contributed by atoms with Gasteiger partial charge in [-0.2, -0.15) is 0 Å². The van der Waals surface area contributed by atoms with Gasteiger partial charge in [-0.15, -0.1) is 0 Å². The molecule has 0 radical (unpaired) electrons. The lowest BCUT2D eigenvalue weighted by atomic mass is 10.3. The summed E-state index contributed by atoms with van der Waals surface area (Å²) in [7, 11) is 0. The minimum absolute atomic E-state index is 0.306. The van der Waals surface area contributed by atoms with Crippen LogP contribution >= 0.6 is 45.8 Å². The Kier molecular flexibility index (Phi) is 5.88. The van der Waals surface area contributed by atoms with Crippen LogP contribution in [0.1, 0.15) is 12.6 Å². The number of carbonyl (C=O) groups excluding carboxylic acids is 1. The van der Waals surface area contributed by atoms with E-state index >= 15 is 0 Å². The summed E-state index contributed by atoms with van der Waals surface area (Å²) < 4.78 is 6.59. The standard InChI is InChI=1S/C15H13Cl2IN2O2/c1-8-12(18)4-6-14(19-8)20-15(21)9(2)22-13-5-3-10(16)7-11(13)17/h3-7,9H,1-2H3,(H,19,20,21)/t9-/m1/s1. The Labute approximate surface area is 152 Å². The summed E-state index contributed by atoms with van der Waals surface area (Å²) in [6, 6.07) is 8.47. The first-order valence-corrected chi connectivity index (χ1v) is 8.26. The lowest BCUT2D eigenvalue weighted by molar-refractivity contribution is -0.122. The number of halogens is 3. The van der Waals surface area contributed by atoms with Crippen LogP contribution in [-0.2, 0) is 4.79 Å². The van der Waals surface area contributed by atoms with Crippen LogP contribution in [0.25, 0.3) is 0 Å². The molecule has 0 fully saturated rings. The van der Waals surface area contributed by atoms with E-state index in [0.29, 0.717) is 21.6 Å². The molecule has 0 aliphatic rings. The second-order valence-electron chi connectivity index (χ2n) is 4.59. The SMILES string of the molecule is Cc1nc(NC(=O)[C@@H](C)Oc2ccc(Cl)cc2Cl)ccc1I. The number of anilines is 1. The number of ether oxygens (including phenoxy) is 1. The molecule has 1 heterocycles. The predicted molar refractivity (Wildman–Crippen MR) is 96.9 cm³/mol. The quantitative estimate of drug-likeness (QED) is 0.686. The summed E-state index contributed by atoms with van der Waals surface area (Å²) in [5.41, 5.74) is 0.854. The van der Waals surface area contributed by atoms with Gasteiger partial charge in [0.05, 0.1) is 10.7 Å². The van der Waals surface area contributed by atoms with Crippen LogP contribution in [0.15, 0.2) is 30.3 Å². The fraction of sp³-hybridized carbons (Fsp3) is 0.200. The van der Waals surface area contributed by atoms with Gasteiger partial charge in [0.1, 0.15) is 11.6 Å². The molecule has 0 aliphatic carbocycles. The van der Waals surface area contributed by atoms with Crippen molar-refractivity contribution in [1.29, 1.82) is 0 Å². The lowest BCUT2D eigenvalue weighted by Gasteiger charge is -2.15. The van der Waals surface area contributed by atoms with E-state index in [9.17, 15) is 4.79 Å². The van der Waals surface area contributed by atoms with Crippen LogP contribution in [0.4, 0.5) is 5.82 Å². The van der Waals surface area contributed by atoms with Crippen LogP contribution < -0.4 is 10.1 Å². The molecule has 0 unspecified atom stereocenters. The monoisotopic (exact) mass is 450 g/mol. The Morgan fingerprint density at radius 3 is 2.68 bits per heavy atom. The molecular weight excluding hydrogens is 438 g/mol. The summed E-state index contributed by atoms with van der Waals surface area (Å²) in [5, 5.41) is 3.58. The molecule has 1 N–H and O–H groups in total. The van der Waals surface area contributed by atoms with Crippen molar-refractivity contribution < 1.29 is 9.53 Å². The Bertz CT molecular complexity index is 710. The van der Waals surface area contributed by atoms with E-state index in [-0.39, 0.29) is 5.91 Å². The highest BCUT2D eigenvalue weighted by Gasteiger charge is 2.17. The smallest absolute Gasteiger partial charge is 0.266 e. The molecule has 4 nitrogen and oxygen atoms in total. The number of nitrogens with one attached hydrogen (secondary N) is 1. The van der Waals surface area contributed by atoms with Gasteiger partial charge in [-0.25, -0.2) is 4.98 Å². The molecule has 1 aromatic carbocycles. The minimum atomic E-state index is -0.722. The first kappa shape index (κ1) is 17.3. The Balaban J connectivity index is 2.04. The average molecular weight is 451 g/mol. The van der Waals surface area contributed by atoms with Crippen molar-refractivity contribution in [2.45, 2.75) is 20.0 Å². The number of aromatic nitrogens is 1. The van der Waals surface area contributed by atoms with Crippen molar-refractivity contribution in [1.82, 2.24) is 4.98 Å². The number of pyridine rings is 1. The molecule has 116 valence electrons. The first-order chi connectivity index (χ1) is 10.4. The van der Waals surface area contributed by atoms with E-state index in [1.807, 2.05) is 13.0 Å². The maximum absolute atomic E-state index is 12.1. The Morgan fingerprint density at radius 1 is 1.32 bits per heavy atom. The summed E-state index contributed by atoms with van der Waals surface area (Å²) in [6.07, 6.45) is -0.722. The largest absolute Gasteiger partial charge is 0.479 e. The number of amides is 1. The third kappa shape index (κ3) is 4.47. The number of nitrogens with zero attached hydrogens (tertiary/aromatic N) is 1. The van der Waals surface area contributed by atoms with Gasteiger partial charge in [-0.3, -0.25) is 4.79 Å². The predicted octanol–water partition coefficient (Wildman–Crippen LogP) is 4.71. The third-order valence-corrected chi connectivity index (χ3v) is 4.51. The van der Waals surface area contributed by atoms with Crippen LogP contribution in [0.3, 0.4) is 0 Å². The van der Waals surface area contributed by atoms with Gasteiger partial charge in [-0.05, 0) is 66.8 Å². The molecule has 1 amide bonds. The van der Waals surface area contributed by atoms with E-state index in [1.54, 1.807) is 31.2 Å². The summed E-state index contributed by atoms with van der Waals surface area (Å²) >= 11 is 14.0. The van der Waals surface area contributed by atoms with Gasteiger partial charge in [0, 0.05) is 8.59 Å². The topological polar surface area (TPSA) is 51.2 Å². The molecule has 2 aromatic rings. The molecule has 0 spiro atoms. The molecule has 0 bridgehead atoms. The van der Waals surface area contributed by atoms with Gasteiger partial charge in [0.2, 0.25) is 0 Å². The number of benzene rings is 1. The highest BCUT2D eigenvalue weighted by molar-refractivity contribution is 14.1. The number of rotatable bonds is 4. The molecule has 22 heavy (non-hydrogen) atoms. The average Bonchev–Trinajstić information content (AvgIpc) is 2.45. The van der Waals surface area contributed by atoms with Gasteiger partial charge in [-0.1, -0.05) is 23.2 Å². The summed E-state index contributed by atoms with van der Waals surface area (Å²) in [6.45, 7) is 3.52.